The average Bonchev–Trinajstić information content (AvgIpc) is 2.93. The molecule has 2 aromatic carbocycles. The molecule has 2 aliphatic heterocycles. The lowest BCUT2D eigenvalue weighted by Crippen LogP contribution is -2.44. The molecule has 2 heterocycles. The Morgan fingerprint density at radius 3 is 2.43 bits per heavy atom. The molecule has 0 aliphatic carbocycles. The van der Waals surface area contributed by atoms with Crippen molar-refractivity contribution in [2.24, 2.45) is 11.8 Å². The molecule has 0 bridgehead atoms. The standard InChI is InChI=1S/C25H30N2O3/c1-30-23-9-7-19(8-10-23)15-24(28)27-13-11-21-16-25(29)26(14-12-22(21)18-27)17-20-5-3-2-4-6-20/h2-10,21-22H,11-18H2,1H3/t21-,22-/m0/s1. The monoisotopic (exact) mass is 406 g/mol. The number of benzene rings is 2. The predicted octanol–water partition coefficient (Wildman–Crippen LogP) is 3.53. The molecule has 2 aliphatic rings. The average molecular weight is 407 g/mol. The van der Waals surface area contributed by atoms with Crippen LogP contribution in [0.1, 0.15) is 30.4 Å². The summed E-state index contributed by atoms with van der Waals surface area (Å²) in [6.07, 6.45) is 2.91. The first kappa shape index (κ1) is 20.5. The summed E-state index contributed by atoms with van der Waals surface area (Å²) in [5.41, 5.74) is 2.18. The van der Waals surface area contributed by atoms with Crippen LogP contribution in [-0.2, 0) is 22.6 Å². The van der Waals surface area contributed by atoms with Crippen LogP contribution < -0.4 is 4.74 Å². The molecular formula is C25H30N2O3. The van der Waals surface area contributed by atoms with E-state index in [1.165, 1.54) is 5.56 Å². The zero-order valence-corrected chi connectivity index (χ0v) is 17.6. The van der Waals surface area contributed by atoms with Crippen LogP contribution >= 0.6 is 0 Å². The third kappa shape index (κ3) is 4.84. The van der Waals surface area contributed by atoms with Crippen molar-refractivity contribution in [3.05, 3.63) is 65.7 Å². The molecule has 0 spiro atoms. The molecule has 2 atom stereocenters. The van der Waals surface area contributed by atoms with E-state index in [0.717, 1.165) is 43.8 Å². The Morgan fingerprint density at radius 2 is 1.70 bits per heavy atom. The summed E-state index contributed by atoms with van der Waals surface area (Å²) in [6.45, 7) is 2.98. The van der Waals surface area contributed by atoms with Gasteiger partial charge >= 0.3 is 0 Å². The summed E-state index contributed by atoms with van der Waals surface area (Å²) >= 11 is 0. The van der Waals surface area contributed by atoms with E-state index in [1.807, 2.05) is 52.3 Å². The normalized spacial score (nSPS) is 21.7. The molecule has 0 unspecified atom stereocenters. The summed E-state index contributed by atoms with van der Waals surface area (Å²) in [6, 6.07) is 17.9. The minimum atomic E-state index is 0.176. The van der Waals surface area contributed by atoms with Crippen LogP contribution in [0.4, 0.5) is 0 Å². The van der Waals surface area contributed by atoms with Crippen LogP contribution in [0.5, 0.6) is 5.75 Å². The van der Waals surface area contributed by atoms with Crippen LogP contribution in [0.2, 0.25) is 0 Å². The maximum Gasteiger partial charge on any atom is 0.226 e. The Kier molecular flexibility index (Phi) is 6.36. The van der Waals surface area contributed by atoms with Crippen molar-refractivity contribution < 1.29 is 14.3 Å². The van der Waals surface area contributed by atoms with E-state index < -0.39 is 0 Å². The number of hydrogen-bond acceptors (Lipinski definition) is 3. The van der Waals surface area contributed by atoms with Gasteiger partial charge in [-0.3, -0.25) is 9.59 Å². The number of carbonyl (C=O) groups excluding carboxylic acids is 2. The van der Waals surface area contributed by atoms with Crippen molar-refractivity contribution in [1.82, 2.24) is 9.80 Å². The first-order valence-electron chi connectivity index (χ1n) is 10.8. The highest BCUT2D eigenvalue weighted by atomic mass is 16.5. The van der Waals surface area contributed by atoms with E-state index >= 15 is 0 Å². The first-order valence-corrected chi connectivity index (χ1v) is 10.8. The Bertz CT molecular complexity index is 866. The van der Waals surface area contributed by atoms with E-state index in [9.17, 15) is 9.59 Å². The number of hydrogen-bond donors (Lipinski definition) is 0. The van der Waals surface area contributed by atoms with Crippen molar-refractivity contribution in [3.8, 4) is 5.75 Å². The second-order valence-electron chi connectivity index (χ2n) is 8.47. The van der Waals surface area contributed by atoms with Crippen molar-refractivity contribution in [1.29, 1.82) is 0 Å². The topological polar surface area (TPSA) is 49.9 Å². The first-order chi connectivity index (χ1) is 14.6. The second kappa shape index (κ2) is 9.33. The number of methoxy groups -OCH3 is 1. The van der Waals surface area contributed by atoms with Gasteiger partial charge in [0.05, 0.1) is 13.5 Å². The summed E-state index contributed by atoms with van der Waals surface area (Å²) in [5, 5.41) is 0. The van der Waals surface area contributed by atoms with Crippen molar-refractivity contribution in [3.63, 3.8) is 0 Å². The molecule has 0 aromatic heterocycles. The molecule has 5 nitrogen and oxygen atoms in total. The van der Waals surface area contributed by atoms with Gasteiger partial charge in [-0.25, -0.2) is 0 Å². The molecule has 30 heavy (non-hydrogen) atoms. The van der Waals surface area contributed by atoms with Gasteiger partial charge in [-0.1, -0.05) is 42.5 Å². The molecule has 2 saturated heterocycles. The summed E-state index contributed by atoms with van der Waals surface area (Å²) in [7, 11) is 1.64. The number of fused-ring (bicyclic) bond motifs is 1. The van der Waals surface area contributed by atoms with E-state index in [-0.39, 0.29) is 11.8 Å². The summed E-state index contributed by atoms with van der Waals surface area (Å²) in [4.78, 5) is 29.7. The highest BCUT2D eigenvalue weighted by Crippen LogP contribution is 2.33. The fraction of sp³-hybridized carbons (Fsp3) is 0.440. The fourth-order valence-electron chi connectivity index (χ4n) is 4.70. The zero-order chi connectivity index (χ0) is 20.9. The Hall–Kier alpha value is -2.82. The molecule has 2 amide bonds. The van der Waals surface area contributed by atoms with Gasteiger partial charge in [0.2, 0.25) is 11.8 Å². The minimum absolute atomic E-state index is 0.176. The maximum absolute atomic E-state index is 12.9. The Balaban J connectivity index is 1.35. The van der Waals surface area contributed by atoms with Crippen molar-refractivity contribution in [2.45, 2.75) is 32.2 Å². The van der Waals surface area contributed by atoms with Crippen molar-refractivity contribution >= 4 is 11.8 Å². The number of ether oxygens (including phenoxy) is 1. The van der Waals surface area contributed by atoms with Gasteiger partial charge in [0.1, 0.15) is 5.75 Å². The molecule has 2 aromatic rings. The molecule has 5 heteroatoms. The number of piperidine rings is 1. The van der Waals surface area contributed by atoms with E-state index in [1.54, 1.807) is 7.11 Å². The van der Waals surface area contributed by atoms with E-state index in [4.69, 9.17) is 4.74 Å². The fourth-order valence-corrected chi connectivity index (χ4v) is 4.70. The predicted molar refractivity (Wildman–Crippen MR) is 116 cm³/mol. The third-order valence-corrected chi connectivity index (χ3v) is 6.53. The SMILES string of the molecule is COc1ccc(CC(=O)N2CC[C@H]3CC(=O)N(Cc4ccccc4)CC[C@H]3C2)cc1. The molecule has 0 N–H and O–H groups in total. The highest BCUT2D eigenvalue weighted by Gasteiger charge is 2.36. The Labute approximate surface area is 178 Å². The van der Waals surface area contributed by atoms with Gasteiger partial charge in [0.15, 0.2) is 0 Å². The van der Waals surface area contributed by atoms with Crippen molar-refractivity contribution in [2.75, 3.05) is 26.7 Å². The number of amides is 2. The molecule has 2 fully saturated rings. The quantitative estimate of drug-likeness (QED) is 0.763. The van der Waals surface area contributed by atoms with Gasteiger partial charge in [-0.2, -0.15) is 0 Å². The number of nitrogens with zero attached hydrogens (tertiary/aromatic N) is 2. The number of likely N-dealkylation sites (tertiary alicyclic amines) is 2. The lowest BCUT2D eigenvalue weighted by molar-refractivity contribution is -0.133. The summed E-state index contributed by atoms with van der Waals surface area (Å²) < 4.78 is 5.19. The van der Waals surface area contributed by atoms with E-state index in [2.05, 4.69) is 12.1 Å². The smallest absolute Gasteiger partial charge is 0.226 e. The third-order valence-electron chi connectivity index (χ3n) is 6.53. The molecule has 0 saturated carbocycles. The summed E-state index contributed by atoms with van der Waals surface area (Å²) in [5.74, 6) is 2.03. The largest absolute Gasteiger partial charge is 0.497 e. The van der Waals surface area contributed by atoms with Crippen LogP contribution in [0.25, 0.3) is 0 Å². The molecule has 4 rings (SSSR count). The molecule has 158 valence electrons. The lowest BCUT2D eigenvalue weighted by atomic mass is 9.82. The Morgan fingerprint density at radius 1 is 0.967 bits per heavy atom. The maximum atomic E-state index is 12.9. The van der Waals surface area contributed by atoms with Gasteiger partial charge < -0.3 is 14.5 Å². The van der Waals surface area contributed by atoms with Crippen LogP contribution in [-0.4, -0.2) is 48.4 Å². The highest BCUT2D eigenvalue weighted by molar-refractivity contribution is 5.79. The van der Waals surface area contributed by atoms with Gasteiger partial charge in [0.25, 0.3) is 0 Å². The zero-order valence-electron chi connectivity index (χ0n) is 17.6. The lowest BCUT2D eigenvalue weighted by Gasteiger charge is -2.37. The second-order valence-corrected chi connectivity index (χ2v) is 8.47. The van der Waals surface area contributed by atoms with Crippen LogP contribution in [0.15, 0.2) is 54.6 Å². The van der Waals surface area contributed by atoms with Gasteiger partial charge in [0, 0.05) is 32.6 Å². The number of rotatable bonds is 5. The molecule has 0 radical (unpaired) electrons. The number of carbonyl (C=O) groups is 2. The van der Waals surface area contributed by atoms with Crippen LogP contribution in [0.3, 0.4) is 0 Å². The van der Waals surface area contributed by atoms with E-state index in [0.29, 0.717) is 31.2 Å². The van der Waals surface area contributed by atoms with Gasteiger partial charge in [-0.05, 0) is 47.9 Å². The minimum Gasteiger partial charge on any atom is -0.497 e. The van der Waals surface area contributed by atoms with Gasteiger partial charge in [-0.15, -0.1) is 0 Å². The molecular weight excluding hydrogens is 376 g/mol. The van der Waals surface area contributed by atoms with Crippen LogP contribution in [0, 0.1) is 11.8 Å².